The Morgan fingerprint density at radius 2 is 1.67 bits per heavy atom. The van der Waals surface area contributed by atoms with Crippen LogP contribution in [0.5, 0.6) is 0 Å². The molecule has 1 heterocycles. The normalized spacial score (nSPS) is 11.6. The molecule has 5 heteroatoms. The third-order valence-electron chi connectivity index (χ3n) is 5.05. The summed E-state index contributed by atoms with van der Waals surface area (Å²) in [6, 6.07) is 19.8. The van der Waals surface area contributed by atoms with E-state index in [0.717, 1.165) is 0 Å². The fraction of sp³-hybridized carbons (Fsp3) is 0.160. The zero-order valence-electron chi connectivity index (χ0n) is 16.5. The van der Waals surface area contributed by atoms with Crippen molar-refractivity contribution < 1.29 is 14.3 Å². The van der Waals surface area contributed by atoms with Crippen molar-refractivity contribution in [2.45, 2.75) is 12.8 Å². The van der Waals surface area contributed by atoms with E-state index < -0.39 is 6.09 Å². The smallest absolute Gasteiger partial charge is 0.407 e. The number of alkyl carbamates (subject to hydrolysis) is 1. The van der Waals surface area contributed by atoms with Crippen LogP contribution in [0.15, 0.2) is 66.9 Å². The summed E-state index contributed by atoms with van der Waals surface area (Å²) in [4.78, 5) is 27.5. The molecule has 0 aliphatic heterocycles. The average molecular weight is 396 g/mol. The molecule has 3 aromatic rings. The predicted molar refractivity (Wildman–Crippen MR) is 114 cm³/mol. The Kier molecular flexibility index (Phi) is 5.58. The van der Waals surface area contributed by atoms with E-state index in [0.29, 0.717) is 11.3 Å². The highest BCUT2D eigenvalue weighted by Crippen LogP contribution is 2.44. The molecule has 5 nitrogen and oxygen atoms in total. The monoisotopic (exact) mass is 396 g/mol. The number of Topliss-reactive ketones (excluding diaryl/α,β-unsaturated/α-hetero) is 1. The van der Waals surface area contributed by atoms with Gasteiger partial charge in [0.25, 0.3) is 0 Å². The van der Waals surface area contributed by atoms with Gasteiger partial charge in [-0.15, -0.1) is 0 Å². The average Bonchev–Trinajstić information content (AvgIpc) is 3.09. The largest absolute Gasteiger partial charge is 0.449 e. The first-order chi connectivity index (χ1) is 14.6. The number of nitrogens with zero attached hydrogens (tertiary/aromatic N) is 1. The minimum absolute atomic E-state index is 0.0261. The zero-order chi connectivity index (χ0) is 20.9. The van der Waals surface area contributed by atoms with Crippen LogP contribution in [0, 0.1) is 11.8 Å². The first-order valence-corrected chi connectivity index (χ1v) is 9.68. The van der Waals surface area contributed by atoms with Crippen molar-refractivity contribution in [3.05, 3.63) is 89.2 Å². The number of amides is 1. The molecule has 1 N–H and O–H groups in total. The van der Waals surface area contributed by atoms with E-state index in [9.17, 15) is 9.59 Å². The number of carbonyl (C=O) groups excluding carboxylic acids is 2. The topological polar surface area (TPSA) is 68.3 Å². The Labute approximate surface area is 175 Å². The van der Waals surface area contributed by atoms with Crippen LogP contribution >= 0.6 is 0 Å². The van der Waals surface area contributed by atoms with Gasteiger partial charge in [0.2, 0.25) is 0 Å². The number of pyridine rings is 1. The third kappa shape index (κ3) is 4.08. The van der Waals surface area contributed by atoms with E-state index >= 15 is 0 Å². The van der Waals surface area contributed by atoms with Crippen molar-refractivity contribution >= 4 is 11.9 Å². The summed E-state index contributed by atoms with van der Waals surface area (Å²) in [6.07, 6.45) is 0.983. The molecule has 1 amide bonds. The van der Waals surface area contributed by atoms with E-state index in [2.05, 4.69) is 46.4 Å². The predicted octanol–water partition coefficient (Wildman–Crippen LogP) is 4.17. The third-order valence-corrected chi connectivity index (χ3v) is 5.05. The number of ether oxygens (including phenoxy) is 1. The molecule has 0 saturated heterocycles. The lowest BCUT2D eigenvalue weighted by atomic mass is 9.98. The molecule has 1 aliphatic rings. The number of nitrogens with one attached hydrogen (secondary N) is 1. The van der Waals surface area contributed by atoms with Crippen molar-refractivity contribution in [1.82, 2.24) is 10.3 Å². The number of hydrogen-bond donors (Lipinski definition) is 1. The molecular formula is C25H20N2O3. The number of carbonyl (C=O) groups is 2. The Bertz CT molecular complexity index is 1110. The van der Waals surface area contributed by atoms with Gasteiger partial charge < -0.3 is 10.1 Å². The van der Waals surface area contributed by atoms with E-state index in [1.165, 1.54) is 35.4 Å². The molecule has 0 bridgehead atoms. The summed E-state index contributed by atoms with van der Waals surface area (Å²) in [5, 5.41) is 2.64. The summed E-state index contributed by atoms with van der Waals surface area (Å²) in [6.45, 7) is 1.90. The van der Waals surface area contributed by atoms with Gasteiger partial charge in [0.15, 0.2) is 5.78 Å². The number of fused-ring (bicyclic) bond motifs is 3. The number of rotatable bonds is 4. The van der Waals surface area contributed by atoms with Gasteiger partial charge in [-0.2, -0.15) is 0 Å². The minimum atomic E-state index is -0.508. The summed E-state index contributed by atoms with van der Waals surface area (Å²) in [7, 11) is 0. The van der Waals surface area contributed by atoms with Crippen LogP contribution in [-0.2, 0) is 4.74 Å². The number of benzene rings is 2. The first-order valence-electron chi connectivity index (χ1n) is 9.68. The highest BCUT2D eigenvalue weighted by molar-refractivity contribution is 5.93. The molecule has 4 rings (SSSR count). The lowest BCUT2D eigenvalue weighted by Gasteiger charge is -2.14. The van der Waals surface area contributed by atoms with E-state index in [-0.39, 0.29) is 24.9 Å². The van der Waals surface area contributed by atoms with Crippen LogP contribution in [0.2, 0.25) is 0 Å². The summed E-state index contributed by atoms with van der Waals surface area (Å²) in [5.74, 6) is 5.66. The highest BCUT2D eigenvalue weighted by Gasteiger charge is 2.28. The molecule has 148 valence electrons. The highest BCUT2D eigenvalue weighted by atomic mass is 16.5. The van der Waals surface area contributed by atoms with Crippen molar-refractivity contribution in [3.63, 3.8) is 0 Å². The Morgan fingerprint density at radius 1 is 1.00 bits per heavy atom. The van der Waals surface area contributed by atoms with Crippen LogP contribution in [0.25, 0.3) is 11.1 Å². The second-order valence-electron chi connectivity index (χ2n) is 6.97. The SMILES string of the molecule is CC(=O)c1ccc(C#CCNC(=O)OCC2c3ccccc3-c3ccccc32)nc1. The number of hydrogen-bond acceptors (Lipinski definition) is 4. The van der Waals surface area contributed by atoms with Crippen LogP contribution < -0.4 is 5.32 Å². The maximum absolute atomic E-state index is 12.1. The van der Waals surface area contributed by atoms with Gasteiger partial charge in [-0.3, -0.25) is 4.79 Å². The summed E-state index contributed by atoms with van der Waals surface area (Å²) >= 11 is 0. The quantitative estimate of drug-likeness (QED) is 0.531. The molecule has 30 heavy (non-hydrogen) atoms. The van der Waals surface area contributed by atoms with Crippen LogP contribution in [0.3, 0.4) is 0 Å². The fourth-order valence-corrected chi connectivity index (χ4v) is 3.58. The zero-order valence-corrected chi connectivity index (χ0v) is 16.5. The molecule has 0 fully saturated rings. The molecule has 0 spiro atoms. The van der Waals surface area contributed by atoms with Crippen molar-refractivity contribution in [3.8, 4) is 23.0 Å². The molecule has 0 atom stereocenters. The van der Waals surface area contributed by atoms with E-state index in [1.54, 1.807) is 12.1 Å². The van der Waals surface area contributed by atoms with Crippen molar-refractivity contribution in [2.24, 2.45) is 0 Å². The molecule has 0 unspecified atom stereocenters. The van der Waals surface area contributed by atoms with Crippen LogP contribution in [0.4, 0.5) is 4.79 Å². The second kappa shape index (κ2) is 8.62. The Morgan fingerprint density at radius 3 is 2.27 bits per heavy atom. The van der Waals surface area contributed by atoms with Gasteiger partial charge in [0, 0.05) is 17.7 Å². The van der Waals surface area contributed by atoms with Gasteiger partial charge in [-0.05, 0) is 47.2 Å². The van der Waals surface area contributed by atoms with Gasteiger partial charge in [-0.25, -0.2) is 9.78 Å². The fourth-order valence-electron chi connectivity index (χ4n) is 3.58. The molecule has 1 aliphatic carbocycles. The molecular weight excluding hydrogens is 376 g/mol. The van der Waals surface area contributed by atoms with Crippen LogP contribution in [0.1, 0.15) is 40.0 Å². The van der Waals surface area contributed by atoms with Crippen molar-refractivity contribution in [2.75, 3.05) is 13.2 Å². The Hall–Kier alpha value is -3.91. The van der Waals surface area contributed by atoms with Gasteiger partial charge in [0.05, 0.1) is 6.54 Å². The number of ketones is 1. The minimum Gasteiger partial charge on any atom is -0.449 e. The summed E-state index contributed by atoms with van der Waals surface area (Å²) in [5.41, 5.74) is 5.80. The molecule has 0 radical (unpaired) electrons. The summed E-state index contributed by atoms with van der Waals surface area (Å²) < 4.78 is 5.46. The second-order valence-corrected chi connectivity index (χ2v) is 6.97. The van der Waals surface area contributed by atoms with Gasteiger partial charge in [0.1, 0.15) is 12.3 Å². The van der Waals surface area contributed by atoms with Gasteiger partial charge in [-0.1, -0.05) is 54.5 Å². The molecule has 2 aromatic carbocycles. The van der Waals surface area contributed by atoms with Crippen LogP contribution in [-0.4, -0.2) is 30.0 Å². The maximum Gasteiger partial charge on any atom is 0.407 e. The lowest BCUT2D eigenvalue weighted by Crippen LogP contribution is -2.26. The van der Waals surface area contributed by atoms with E-state index in [4.69, 9.17) is 4.74 Å². The lowest BCUT2D eigenvalue weighted by molar-refractivity contribution is 0.101. The molecule has 0 saturated carbocycles. The standard InChI is InChI=1S/C25H20N2O3/c1-17(28)18-12-13-19(27-15-18)7-6-14-26-25(29)30-16-24-22-10-4-2-8-20(22)21-9-3-5-11-23(21)24/h2-5,8-13,15,24H,14,16H2,1H3,(H,26,29). The first kappa shape index (κ1) is 19.4. The molecule has 1 aromatic heterocycles. The Balaban J connectivity index is 1.32. The van der Waals surface area contributed by atoms with Gasteiger partial charge >= 0.3 is 6.09 Å². The van der Waals surface area contributed by atoms with Crippen molar-refractivity contribution in [1.29, 1.82) is 0 Å². The number of aromatic nitrogens is 1. The maximum atomic E-state index is 12.1. The van der Waals surface area contributed by atoms with E-state index in [1.807, 2.05) is 24.3 Å².